The summed E-state index contributed by atoms with van der Waals surface area (Å²) in [5, 5.41) is 1.01. The highest BCUT2D eigenvalue weighted by Crippen LogP contribution is 2.24. The zero-order chi connectivity index (χ0) is 17.3. The number of hydrogen-bond acceptors (Lipinski definition) is 3. The normalized spacial score (nSPS) is 11.4. The molecular formula is C20H20BrNO2. The molecule has 0 aliphatic carbocycles. The first-order chi connectivity index (χ1) is 11.4. The molecule has 0 bridgehead atoms. The number of aryl methyl sites for hydroxylation is 2. The van der Waals surface area contributed by atoms with Gasteiger partial charge in [0.05, 0.1) is 0 Å². The number of halogens is 1. The summed E-state index contributed by atoms with van der Waals surface area (Å²) in [4.78, 5) is 14.2. The first-order valence-corrected chi connectivity index (χ1v) is 8.69. The molecule has 0 radical (unpaired) electrons. The van der Waals surface area contributed by atoms with Crippen molar-refractivity contribution >= 4 is 26.9 Å². The molecule has 4 heteroatoms. The van der Waals surface area contributed by atoms with E-state index in [2.05, 4.69) is 46.1 Å². The molecule has 0 unspecified atom stereocenters. The Hall–Kier alpha value is -1.91. The van der Waals surface area contributed by atoms with Crippen LogP contribution in [0.1, 0.15) is 22.3 Å². The fourth-order valence-electron chi connectivity index (χ4n) is 2.90. The Bertz CT molecular complexity index is 929. The third-order valence-electron chi connectivity index (χ3n) is 4.32. The van der Waals surface area contributed by atoms with Crippen molar-refractivity contribution in [3.8, 4) is 0 Å². The Morgan fingerprint density at radius 2 is 1.75 bits per heavy atom. The van der Waals surface area contributed by atoms with Crippen molar-refractivity contribution in [2.24, 2.45) is 0 Å². The maximum atomic E-state index is 12.0. The van der Waals surface area contributed by atoms with Gasteiger partial charge in [-0.15, -0.1) is 0 Å². The summed E-state index contributed by atoms with van der Waals surface area (Å²) in [6.07, 6.45) is 0. The van der Waals surface area contributed by atoms with Gasteiger partial charge in [-0.3, -0.25) is 4.90 Å². The average Bonchev–Trinajstić information content (AvgIpc) is 2.53. The number of benzene rings is 2. The SMILES string of the molecule is Cc1ccc2c(CN(C)Cc3ccc(Br)cc3)cc(=O)oc2c1C. The fourth-order valence-corrected chi connectivity index (χ4v) is 3.17. The molecule has 0 aliphatic heterocycles. The average molecular weight is 386 g/mol. The molecule has 1 aromatic heterocycles. The van der Waals surface area contributed by atoms with Gasteiger partial charge in [-0.1, -0.05) is 40.2 Å². The minimum absolute atomic E-state index is 0.289. The van der Waals surface area contributed by atoms with E-state index in [9.17, 15) is 4.79 Å². The van der Waals surface area contributed by atoms with Crippen molar-refractivity contribution in [3.63, 3.8) is 0 Å². The fraction of sp³-hybridized carbons (Fsp3) is 0.250. The lowest BCUT2D eigenvalue weighted by Crippen LogP contribution is -2.18. The van der Waals surface area contributed by atoms with Crippen molar-refractivity contribution < 1.29 is 4.42 Å². The molecule has 3 nitrogen and oxygen atoms in total. The van der Waals surface area contributed by atoms with Crippen LogP contribution < -0.4 is 5.63 Å². The molecule has 0 N–H and O–H groups in total. The van der Waals surface area contributed by atoms with Gasteiger partial charge in [0, 0.05) is 29.0 Å². The van der Waals surface area contributed by atoms with Gasteiger partial charge in [-0.25, -0.2) is 4.79 Å². The maximum Gasteiger partial charge on any atom is 0.336 e. The number of hydrogen-bond donors (Lipinski definition) is 0. The third kappa shape index (κ3) is 3.60. The highest BCUT2D eigenvalue weighted by Gasteiger charge is 2.11. The van der Waals surface area contributed by atoms with Gasteiger partial charge >= 0.3 is 5.63 Å². The molecule has 124 valence electrons. The molecule has 3 rings (SSSR count). The van der Waals surface area contributed by atoms with Crippen LogP contribution in [0, 0.1) is 13.8 Å². The Labute approximate surface area is 150 Å². The number of nitrogens with zero attached hydrogens (tertiary/aromatic N) is 1. The van der Waals surface area contributed by atoms with E-state index < -0.39 is 0 Å². The molecule has 0 aliphatic rings. The zero-order valence-electron chi connectivity index (χ0n) is 14.1. The Morgan fingerprint density at radius 1 is 1.04 bits per heavy atom. The maximum absolute atomic E-state index is 12.0. The second kappa shape index (κ2) is 6.91. The van der Waals surface area contributed by atoms with Crippen LogP contribution in [0.3, 0.4) is 0 Å². The van der Waals surface area contributed by atoms with Crippen LogP contribution >= 0.6 is 15.9 Å². The van der Waals surface area contributed by atoms with Crippen LogP contribution in [-0.4, -0.2) is 11.9 Å². The van der Waals surface area contributed by atoms with Gasteiger partial charge in [0.2, 0.25) is 0 Å². The molecular weight excluding hydrogens is 366 g/mol. The van der Waals surface area contributed by atoms with Gasteiger partial charge in [0.15, 0.2) is 0 Å². The largest absolute Gasteiger partial charge is 0.422 e. The van der Waals surface area contributed by atoms with Crippen molar-refractivity contribution in [2.75, 3.05) is 7.05 Å². The van der Waals surface area contributed by atoms with Crippen molar-refractivity contribution in [1.82, 2.24) is 4.90 Å². The predicted octanol–water partition coefficient (Wildman–Crippen LogP) is 4.80. The Morgan fingerprint density at radius 3 is 2.46 bits per heavy atom. The standard InChI is InChI=1S/C20H20BrNO2/c1-13-4-9-18-16(10-19(23)24-20(18)14(13)2)12-22(3)11-15-5-7-17(21)8-6-15/h4-10H,11-12H2,1-3H3. The summed E-state index contributed by atoms with van der Waals surface area (Å²) in [5.41, 5.74) is 4.81. The van der Waals surface area contributed by atoms with Crippen LogP contribution in [0.15, 0.2) is 56.1 Å². The molecule has 1 heterocycles. The third-order valence-corrected chi connectivity index (χ3v) is 4.85. The van der Waals surface area contributed by atoms with Crippen molar-refractivity contribution in [3.05, 3.63) is 79.6 Å². The topological polar surface area (TPSA) is 33.5 Å². The molecule has 2 aromatic carbocycles. The lowest BCUT2D eigenvalue weighted by Gasteiger charge is -2.18. The predicted molar refractivity (Wildman–Crippen MR) is 101 cm³/mol. The van der Waals surface area contributed by atoms with E-state index in [1.54, 1.807) is 6.07 Å². The van der Waals surface area contributed by atoms with Crippen LogP contribution in [0.5, 0.6) is 0 Å². The minimum Gasteiger partial charge on any atom is -0.422 e. The van der Waals surface area contributed by atoms with Crippen LogP contribution in [0.25, 0.3) is 11.0 Å². The number of rotatable bonds is 4. The molecule has 24 heavy (non-hydrogen) atoms. The van der Waals surface area contributed by atoms with Gasteiger partial charge in [0.1, 0.15) is 5.58 Å². The second-order valence-corrected chi connectivity index (χ2v) is 7.19. The molecule has 0 amide bonds. The molecule has 3 aromatic rings. The molecule has 0 saturated heterocycles. The quantitative estimate of drug-likeness (QED) is 0.604. The highest BCUT2D eigenvalue weighted by molar-refractivity contribution is 9.10. The molecule has 0 spiro atoms. The highest BCUT2D eigenvalue weighted by atomic mass is 79.9. The summed E-state index contributed by atoms with van der Waals surface area (Å²) in [6.45, 7) is 5.54. The lowest BCUT2D eigenvalue weighted by molar-refractivity contribution is 0.319. The van der Waals surface area contributed by atoms with Crippen LogP contribution in [-0.2, 0) is 13.1 Å². The smallest absolute Gasteiger partial charge is 0.336 e. The Balaban J connectivity index is 1.90. The monoisotopic (exact) mass is 385 g/mol. The van der Waals surface area contributed by atoms with E-state index in [4.69, 9.17) is 4.42 Å². The van der Waals surface area contributed by atoms with E-state index >= 15 is 0 Å². The zero-order valence-corrected chi connectivity index (χ0v) is 15.7. The summed E-state index contributed by atoms with van der Waals surface area (Å²) in [7, 11) is 2.06. The minimum atomic E-state index is -0.289. The lowest BCUT2D eigenvalue weighted by atomic mass is 10.0. The summed E-state index contributed by atoms with van der Waals surface area (Å²) in [5.74, 6) is 0. The van der Waals surface area contributed by atoms with E-state index in [-0.39, 0.29) is 5.63 Å². The van der Waals surface area contributed by atoms with E-state index in [1.165, 1.54) is 5.56 Å². The van der Waals surface area contributed by atoms with Gasteiger partial charge < -0.3 is 4.42 Å². The van der Waals surface area contributed by atoms with Crippen LogP contribution in [0.2, 0.25) is 0 Å². The van der Waals surface area contributed by atoms with E-state index in [0.29, 0.717) is 12.1 Å². The second-order valence-electron chi connectivity index (χ2n) is 6.27. The van der Waals surface area contributed by atoms with Crippen molar-refractivity contribution in [2.45, 2.75) is 26.9 Å². The van der Waals surface area contributed by atoms with E-state index in [1.807, 2.05) is 32.0 Å². The summed E-state index contributed by atoms with van der Waals surface area (Å²) >= 11 is 3.45. The summed E-state index contributed by atoms with van der Waals surface area (Å²) in [6, 6.07) is 14.0. The molecule has 0 atom stereocenters. The van der Waals surface area contributed by atoms with Crippen molar-refractivity contribution in [1.29, 1.82) is 0 Å². The molecule has 0 fully saturated rings. The van der Waals surface area contributed by atoms with Gasteiger partial charge in [-0.05, 0) is 55.3 Å². The Kier molecular flexibility index (Phi) is 4.88. The number of fused-ring (bicyclic) bond motifs is 1. The molecule has 0 saturated carbocycles. The first kappa shape index (κ1) is 16.9. The first-order valence-electron chi connectivity index (χ1n) is 7.90. The van der Waals surface area contributed by atoms with E-state index in [0.717, 1.165) is 33.1 Å². The van der Waals surface area contributed by atoms with Crippen LogP contribution in [0.4, 0.5) is 0 Å². The van der Waals surface area contributed by atoms with Gasteiger partial charge in [0.25, 0.3) is 0 Å². The summed E-state index contributed by atoms with van der Waals surface area (Å²) < 4.78 is 6.52. The van der Waals surface area contributed by atoms with Gasteiger partial charge in [-0.2, -0.15) is 0 Å².